The molecule has 8 heteroatoms. The minimum Gasteiger partial charge on any atom is -0.489 e. The van der Waals surface area contributed by atoms with Crippen LogP contribution in [0.1, 0.15) is 12.0 Å². The van der Waals surface area contributed by atoms with Crippen LogP contribution in [0.5, 0.6) is 11.8 Å². The Morgan fingerprint density at radius 1 is 1.03 bits per heavy atom. The van der Waals surface area contributed by atoms with Crippen molar-refractivity contribution in [2.24, 2.45) is 0 Å². The first-order valence-electron chi connectivity index (χ1n) is 11.0. The van der Waals surface area contributed by atoms with E-state index in [0.717, 1.165) is 23.3 Å². The third kappa shape index (κ3) is 4.15. The molecule has 2 aromatic heterocycles. The number of imidazole rings is 1. The number of rotatable bonds is 6. The molecule has 3 atom stereocenters. The van der Waals surface area contributed by atoms with Gasteiger partial charge in [0.25, 0.3) is 6.01 Å². The molecule has 33 heavy (non-hydrogen) atoms. The lowest BCUT2D eigenvalue weighted by molar-refractivity contribution is 0.0273. The summed E-state index contributed by atoms with van der Waals surface area (Å²) in [6.45, 7) is 1.70. The van der Waals surface area contributed by atoms with Crippen molar-refractivity contribution in [2.45, 2.75) is 31.3 Å². The molecule has 2 aromatic carbocycles. The van der Waals surface area contributed by atoms with Gasteiger partial charge in [-0.2, -0.15) is 4.98 Å². The molecule has 0 bridgehead atoms. The number of pyridine rings is 1. The van der Waals surface area contributed by atoms with E-state index in [1.165, 1.54) is 0 Å². The average molecular weight is 464 g/mol. The molecular weight excluding hydrogens is 442 g/mol. The van der Waals surface area contributed by atoms with Gasteiger partial charge in [-0.15, -0.1) is 0 Å². The van der Waals surface area contributed by atoms with Crippen LogP contribution in [-0.2, 0) is 16.1 Å². The fourth-order valence-electron chi connectivity index (χ4n) is 4.28. The van der Waals surface area contributed by atoms with Crippen molar-refractivity contribution in [1.29, 1.82) is 0 Å². The second-order valence-corrected chi connectivity index (χ2v) is 8.59. The molecule has 0 aliphatic carbocycles. The van der Waals surface area contributed by atoms with Crippen LogP contribution in [0.4, 0.5) is 0 Å². The third-order valence-corrected chi connectivity index (χ3v) is 6.25. The van der Waals surface area contributed by atoms with Gasteiger partial charge < -0.3 is 23.9 Å². The van der Waals surface area contributed by atoms with E-state index in [9.17, 15) is 0 Å². The van der Waals surface area contributed by atoms with Crippen molar-refractivity contribution >= 4 is 22.8 Å². The van der Waals surface area contributed by atoms with Gasteiger partial charge in [-0.1, -0.05) is 41.9 Å². The van der Waals surface area contributed by atoms with E-state index in [1.807, 2.05) is 60.7 Å². The standard InChI is InChI=1S/C25H22ClN3O4/c26-18-12-19-24(29-25(27-19)33-21-14-32-20-10-11-30-23(20)21)28-22(18)16-6-8-17(9-7-16)31-13-15-4-2-1-3-5-15/h1-9,12,20-21,23H,10-11,13-14H2,(H,27,28,29)/t20-,21?,23+/m1/s1. The molecule has 0 spiro atoms. The summed E-state index contributed by atoms with van der Waals surface area (Å²) >= 11 is 6.55. The summed E-state index contributed by atoms with van der Waals surface area (Å²) in [4.78, 5) is 12.3. The van der Waals surface area contributed by atoms with Crippen LogP contribution in [0.25, 0.3) is 22.4 Å². The number of halogens is 1. The van der Waals surface area contributed by atoms with Gasteiger partial charge in [0.05, 0.1) is 28.9 Å². The summed E-state index contributed by atoms with van der Waals surface area (Å²) in [7, 11) is 0. The number of H-pyrrole nitrogens is 1. The first-order valence-corrected chi connectivity index (χ1v) is 11.3. The molecular formula is C25H22ClN3O4. The quantitative estimate of drug-likeness (QED) is 0.443. The number of benzene rings is 2. The largest absolute Gasteiger partial charge is 0.489 e. The maximum absolute atomic E-state index is 6.55. The van der Waals surface area contributed by atoms with Crippen LogP contribution >= 0.6 is 11.6 Å². The summed E-state index contributed by atoms with van der Waals surface area (Å²) in [6, 6.07) is 20.0. The lowest BCUT2D eigenvalue weighted by Crippen LogP contribution is -2.32. The predicted octanol–water partition coefficient (Wildman–Crippen LogP) is 4.79. The minimum atomic E-state index is -0.184. The molecule has 0 saturated carbocycles. The van der Waals surface area contributed by atoms with Crippen LogP contribution < -0.4 is 9.47 Å². The van der Waals surface area contributed by atoms with Gasteiger partial charge >= 0.3 is 0 Å². The Kier molecular flexibility index (Phi) is 5.38. The van der Waals surface area contributed by atoms with Gasteiger partial charge in [0.15, 0.2) is 11.8 Å². The minimum absolute atomic E-state index is 0.0482. The van der Waals surface area contributed by atoms with Crippen LogP contribution in [0.2, 0.25) is 5.02 Å². The Balaban J connectivity index is 1.19. The molecule has 2 fully saturated rings. The van der Waals surface area contributed by atoms with Crippen molar-refractivity contribution in [3.05, 3.63) is 71.2 Å². The Hall–Kier alpha value is -3.13. The molecule has 4 heterocycles. The smallest absolute Gasteiger partial charge is 0.296 e. The zero-order valence-corrected chi connectivity index (χ0v) is 18.5. The number of fused-ring (bicyclic) bond motifs is 2. The summed E-state index contributed by atoms with van der Waals surface area (Å²) in [5, 5.41) is 0.527. The van der Waals surface area contributed by atoms with E-state index in [0.29, 0.717) is 47.7 Å². The van der Waals surface area contributed by atoms with Crippen molar-refractivity contribution < 1.29 is 18.9 Å². The number of hydrogen-bond donors (Lipinski definition) is 1. The molecule has 1 N–H and O–H groups in total. The van der Waals surface area contributed by atoms with Crippen molar-refractivity contribution in [1.82, 2.24) is 15.0 Å². The van der Waals surface area contributed by atoms with E-state index in [-0.39, 0.29) is 18.3 Å². The highest BCUT2D eigenvalue weighted by molar-refractivity contribution is 6.33. The second kappa shape index (κ2) is 8.67. The summed E-state index contributed by atoms with van der Waals surface area (Å²) in [6.07, 6.45) is 0.781. The number of nitrogens with one attached hydrogen (secondary N) is 1. The molecule has 7 nitrogen and oxygen atoms in total. The third-order valence-electron chi connectivity index (χ3n) is 5.96. The topological polar surface area (TPSA) is 78.5 Å². The number of hydrogen-bond acceptors (Lipinski definition) is 6. The highest BCUT2D eigenvalue weighted by Crippen LogP contribution is 2.32. The molecule has 2 aliphatic heterocycles. The molecule has 2 aliphatic rings. The van der Waals surface area contributed by atoms with Gasteiger partial charge in [-0.3, -0.25) is 0 Å². The Morgan fingerprint density at radius 3 is 2.73 bits per heavy atom. The zero-order chi connectivity index (χ0) is 22.2. The van der Waals surface area contributed by atoms with Gasteiger partial charge in [0.1, 0.15) is 18.5 Å². The molecule has 6 rings (SSSR count). The average Bonchev–Trinajstić information content (AvgIpc) is 3.55. The lowest BCUT2D eigenvalue weighted by atomic mass is 10.1. The Labute approximate surface area is 195 Å². The number of ether oxygens (including phenoxy) is 4. The fraction of sp³-hybridized carbons (Fsp3) is 0.280. The molecule has 0 radical (unpaired) electrons. The number of aromatic amines is 1. The van der Waals surface area contributed by atoms with E-state index >= 15 is 0 Å². The van der Waals surface area contributed by atoms with Crippen LogP contribution in [0, 0.1) is 0 Å². The van der Waals surface area contributed by atoms with Gasteiger partial charge in [-0.05, 0) is 42.3 Å². The molecule has 4 aromatic rings. The highest BCUT2D eigenvalue weighted by atomic mass is 35.5. The summed E-state index contributed by atoms with van der Waals surface area (Å²) in [5.41, 5.74) is 3.90. The van der Waals surface area contributed by atoms with E-state index < -0.39 is 0 Å². The molecule has 0 amide bonds. The monoisotopic (exact) mass is 463 g/mol. The van der Waals surface area contributed by atoms with Crippen LogP contribution in [0.15, 0.2) is 60.7 Å². The molecule has 2 saturated heterocycles. The van der Waals surface area contributed by atoms with Crippen LogP contribution in [0.3, 0.4) is 0 Å². The number of nitrogens with zero attached hydrogens (tertiary/aromatic N) is 2. The summed E-state index contributed by atoms with van der Waals surface area (Å²) in [5.74, 6) is 0.779. The van der Waals surface area contributed by atoms with Crippen LogP contribution in [-0.4, -0.2) is 46.5 Å². The zero-order valence-electron chi connectivity index (χ0n) is 17.7. The Morgan fingerprint density at radius 2 is 1.88 bits per heavy atom. The normalized spacial score (nSPS) is 21.9. The van der Waals surface area contributed by atoms with Gasteiger partial charge in [-0.25, -0.2) is 4.98 Å². The molecule has 1 unspecified atom stereocenters. The lowest BCUT2D eigenvalue weighted by Gasteiger charge is -2.15. The van der Waals surface area contributed by atoms with Crippen molar-refractivity contribution in [3.63, 3.8) is 0 Å². The van der Waals surface area contributed by atoms with Gasteiger partial charge in [0, 0.05) is 12.2 Å². The van der Waals surface area contributed by atoms with E-state index in [4.69, 9.17) is 30.5 Å². The fourth-order valence-corrected chi connectivity index (χ4v) is 4.54. The predicted molar refractivity (Wildman–Crippen MR) is 124 cm³/mol. The Bertz CT molecular complexity index is 1260. The van der Waals surface area contributed by atoms with E-state index in [2.05, 4.69) is 15.0 Å². The number of aromatic nitrogens is 3. The SMILES string of the molecule is Clc1cc2[nH]c(OC3CO[C@@H]4CCO[C@H]34)nc2nc1-c1ccc(OCc2ccccc2)cc1. The van der Waals surface area contributed by atoms with Gasteiger partial charge in [0.2, 0.25) is 0 Å². The van der Waals surface area contributed by atoms with Crippen molar-refractivity contribution in [2.75, 3.05) is 13.2 Å². The first kappa shape index (κ1) is 20.5. The van der Waals surface area contributed by atoms with Crippen molar-refractivity contribution in [3.8, 4) is 23.0 Å². The first-order chi connectivity index (χ1) is 16.2. The molecule has 168 valence electrons. The van der Waals surface area contributed by atoms with E-state index in [1.54, 1.807) is 0 Å². The highest BCUT2D eigenvalue weighted by Gasteiger charge is 2.43. The maximum atomic E-state index is 6.55. The maximum Gasteiger partial charge on any atom is 0.296 e. The summed E-state index contributed by atoms with van der Waals surface area (Å²) < 4.78 is 23.4. The second-order valence-electron chi connectivity index (χ2n) is 8.18.